The number of hydrogen-bond donors (Lipinski definition) is 0. The lowest BCUT2D eigenvalue weighted by Crippen LogP contribution is -2.07. The van der Waals surface area contributed by atoms with Crippen LogP contribution in [-0.2, 0) is 9.53 Å². The van der Waals surface area contributed by atoms with Crippen LogP contribution in [0, 0.1) is 11.9 Å². The standard InChI is InChI=1S/C11H11ClFNO2/c1-2-16-11(15)7-5-6(7)9-4-3-8(12)10(13)14-9/h3-4,6-7H,2,5H2,1H3/t6-,7-/m1/s1. The van der Waals surface area contributed by atoms with E-state index in [0.29, 0.717) is 18.7 Å². The van der Waals surface area contributed by atoms with E-state index in [1.54, 1.807) is 13.0 Å². The molecule has 0 amide bonds. The predicted octanol–water partition coefficient (Wildman–Crippen LogP) is 2.54. The topological polar surface area (TPSA) is 39.2 Å². The van der Waals surface area contributed by atoms with E-state index < -0.39 is 5.95 Å². The molecule has 0 saturated heterocycles. The highest BCUT2D eigenvalue weighted by atomic mass is 35.5. The Hall–Kier alpha value is -1.16. The molecule has 0 radical (unpaired) electrons. The van der Waals surface area contributed by atoms with E-state index in [0.717, 1.165) is 0 Å². The first-order valence-electron chi connectivity index (χ1n) is 5.12. The molecular weight excluding hydrogens is 233 g/mol. The van der Waals surface area contributed by atoms with Crippen molar-refractivity contribution in [1.82, 2.24) is 4.98 Å². The molecule has 1 aliphatic carbocycles. The van der Waals surface area contributed by atoms with Crippen LogP contribution in [0.15, 0.2) is 12.1 Å². The molecule has 0 N–H and O–H groups in total. The highest BCUT2D eigenvalue weighted by molar-refractivity contribution is 6.30. The molecule has 0 unspecified atom stereocenters. The minimum Gasteiger partial charge on any atom is -0.466 e. The summed E-state index contributed by atoms with van der Waals surface area (Å²) >= 11 is 5.53. The summed E-state index contributed by atoms with van der Waals surface area (Å²) in [5, 5.41) is -0.00270. The van der Waals surface area contributed by atoms with E-state index in [9.17, 15) is 9.18 Å². The smallest absolute Gasteiger partial charge is 0.309 e. The summed E-state index contributed by atoms with van der Waals surface area (Å²) in [6, 6.07) is 3.11. The number of rotatable bonds is 3. The molecule has 1 fully saturated rings. The summed E-state index contributed by atoms with van der Waals surface area (Å²) in [7, 11) is 0. The van der Waals surface area contributed by atoms with Crippen LogP contribution in [0.2, 0.25) is 5.02 Å². The van der Waals surface area contributed by atoms with Crippen LogP contribution in [-0.4, -0.2) is 17.6 Å². The van der Waals surface area contributed by atoms with Crippen molar-refractivity contribution in [3.05, 3.63) is 28.8 Å². The van der Waals surface area contributed by atoms with Crippen molar-refractivity contribution < 1.29 is 13.9 Å². The van der Waals surface area contributed by atoms with E-state index >= 15 is 0 Å². The van der Waals surface area contributed by atoms with Crippen LogP contribution in [0.5, 0.6) is 0 Å². The van der Waals surface area contributed by atoms with E-state index in [2.05, 4.69) is 4.98 Å². The van der Waals surface area contributed by atoms with Crippen molar-refractivity contribution in [2.45, 2.75) is 19.3 Å². The minimum atomic E-state index is -0.686. The molecular formula is C11H11ClFNO2. The summed E-state index contributed by atoms with van der Waals surface area (Å²) in [6.45, 7) is 2.12. The van der Waals surface area contributed by atoms with Gasteiger partial charge in [-0.05, 0) is 25.5 Å². The van der Waals surface area contributed by atoms with Gasteiger partial charge >= 0.3 is 5.97 Å². The molecule has 5 heteroatoms. The molecule has 0 spiro atoms. The molecule has 86 valence electrons. The second kappa shape index (κ2) is 4.37. The fourth-order valence-electron chi connectivity index (χ4n) is 1.67. The van der Waals surface area contributed by atoms with Gasteiger partial charge in [0.2, 0.25) is 5.95 Å². The Balaban J connectivity index is 2.06. The number of halogens is 2. The molecule has 0 aliphatic heterocycles. The largest absolute Gasteiger partial charge is 0.466 e. The van der Waals surface area contributed by atoms with Crippen molar-refractivity contribution in [3.8, 4) is 0 Å². The first-order valence-corrected chi connectivity index (χ1v) is 5.50. The fraction of sp³-hybridized carbons (Fsp3) is 0.455. The number of pyridine rings is 1. The number of nitrogens with zero attached hydrogens (tertiary/aromatic N) is 1. The van der Waals surface area contributed by atoms with Crippen molar-refractivity contribution >= 4 is 17.6 Å². The molecule has 1 aliphatic rings. The molecule has 1 aromatic rings. The Morgan fingerprint density at radius 2 is 2.44 bits per heavy atom. The van der Waals surface area contributed by atoms with Crippen LogP contribution in [0.1, 0.15) is 25.0 Å². The van der Waals surface area contributed by atoms with E-state index in [-0.39, 0.29) is 22.8 Å². The zero-order valence-corrected chi connectivity index (χ0v) is 9.50. The quantitative estimate of drug-likeness (QED) is 0.605. The molecule has 2 atom stereocenters. The Bertz CT molecular complexity index is 424. The SMILES string of the molecule is CCOC(=O)[C@@H]1C[C@H]1c1ccc(Cl)c(F)n1. The van der Waals surface area contributed by atoms with Gasteiger partial charge in [0.15, 0.2) is 0 Å². The molecule has 1 saturated carbocycles. The van der Waals surface area contributed by atoms with Crippen LogP contribution >= 0.6 is 11.6 Å². The molecule has 1 aromatic heterocycles. The Morgan fingerprint density at radius 3 is 3.06 bits per heavy atom. The number of esters is 1. The molecule has 0 aromatic carbocycles. The van der Waals surface area contributed by atoms with Crippen molar-refractivity contribution in [2.24, 2.45) is 5.92 Å². The number of carbonyl (C=O) groups excluding carboxylic acids is 1. The molecule has 0 bridgehead atoms. The number of ether oxygens (including phenoxy) is 1. The summed E-state index contributed by atoms with van der Waals surface area (Å²) in [6.07, 6.45) is 0.674. The Kier molecular flexibility index (Phi) is 3.10. The minimum absolute atomic E-state index is 0.00270. The lowest BCUT2D eigenvalue weighted by Gasteiger charge is -2.01. The fourth-order valence-corrected chi connectivity index (χ4v) is 1.77. The molecule has 1 heterocycles. The maximum absolute atomic E-state index is 13.1. The van der Waals surface area contributed by atoms with Gasteiger partial charge in [-0.3, -0.25) is 4.79 Å². The average molecular weight is 244 g/mol. The number of aromatic nitrogens is 1. The summed E-state index contributed by atoms with van der Waals surface area (Å²) in [4.78, 5) is 15.1. The van der Waals surface area contributed by atoms with Gasteiger partial charge in [-0.1, -0.05) is 11.6 Å². The normalized spacial score (nSPS) is 22.9. The highest BCUT2D eigenvalue weighted by Gasteiger charge is 2.46. The van der Waals surface area contributed by atoms with Crippen molar-refractivity contribution in [3.63, 3.8) is 0 Å². The molecule has 3 nitrogen and oxygen atoms in total. The van der Waals surface area contributed by atoms with Crippen molar-refractivity contribution in [2.75, 3.05) is 6.61 Å². The van der Waals surface area contributed by atoms with Crippen molar-refractivity contribution in [1.29, 1.82) is 0 Å². The van der Waals surface area contributed by atoms with E-state index in [4.69, 9.17) is 16.3 Å². The zero-order chi connectivity index (χ0) is 11.7. The molecule has 2 rings (SSSR count). The van der Waals surface area contributed by atoms with Crippen LogP contribution in [0.3, 0.4) is 0 Å². The lowest BCUT2D eigenvalue weighted by atomic mass is 10.2. The lowest BCUT2D eigenvalue weighted by molar-refractivity contribution is -0.144. The van der Waals surface area contributed by atoms with Crippen LogP contribution < -0.4 is 0 Å². The number of hydrogen-bond acceptors (Lipinski definition) is 3. The van der Waals surface area contributed by atoms with Gasteiger partial charge in [0, 0.05) is 11.6 Å². The van der Waals surface area contributed by atoms with E-state index in [1.807, 2.05) is 0 Å². The van der Waals surface area contributed by atoms with Gasteiger partial charge in [-0.2, -0.15) is 4.39 Å². The average Bonchev–Trinajstić information content (AvgIpc) is 3.02. The third-order valence-corrected chi connectivity index (χ3v) is 2.87. The second-order valence-electron chi connectivity index (χ2n) is 3.71. The highest BCUT2D eigenvalue weighted by Crippen LogP contribution is 2.47. The van der Waals surface area contributed by atoms with E-state index in [1.165, 1.54) is 6.07 Å². The van der Waals surface area contributed by atoms with Gasteiger partial charge in [0.25, 0.3) is 0 Å². The summed E-state index contributed by atoms with van der Waals surface area (Å²) in [5.41, 5.74) is 0.569. The summed E-state index contributed by atoms with van der Waals surface area (Å²) < 4.78 is 18.0. The summed E-state index contributed by atoms with van der Waals surface area (Å²) in [5.74, 6) is -1.11. The van der Waals surface area contributed by atoms with Gasteiger partial charge in [0.05, 0.1) is 17.5 Å². The Labute approximate surface area is 97.6 Å². The van der Waals surface area contributed by atoms with Crippen LogP contribution in [0.4, 0.5) is 4.39 Å². The number of carbonyl (C=O) groups is 1. The Morgan fingerprint density at radius 1 is 1.69 bits per heavy atom. The molecule has 16 heavy (non-hydrogen) atoms. The predicted molar refractivity (Wildman–Crippen MR) is 56.7 cm³/mol. The maximum atomic E-state index is 13.1. The monoisotopic (exact) mass is 243 g/mol. The third-order valence-electron chi connectivity index (χ3n) is 2.58. The van der Waals surface area contributed by atoms with Crippen LogP contribution in [0.25, 0.3) is 0 Å². The third kappa shape index (κ3) is 2.16. The van der Waals surface area contributed by atoms with Gasteiger partial charge in [0.1, 0.15) is 0 Å². The zero-order valence-electron chi connectivity index (χ0n) is 8.74. The first-order chi connectivity index (χ1) is 7.63. The van der Waals surface area contributed by atoms with Gasteiger partial charge < -0.3 is 4.74 Å². The van der Waals surface area contributed by atoms with Gasteiger partial charge in [-0.25, -0.2) is 4.98 Å². The first kappa shape index (κ1) is 11.3. The second-order valence-corrected chi connectivity index (χ2v) is 4.12. The van der Waals surface area contributed by atoms with Gasteiger partial charge in [-0.15, -0.1) is 0 Å². The maximum Gasteiger partial charge on any atom is 0.309 e.